The highest BCUT2D eigenvalue weighted by molar-refractivity contribution is 7.89. The zero-order chi connectivity index (χ0) is 19.2. The maximum Gasteiger partial charge on any atom is 0.338 e. The first-order valence-corrected chi connectivity index (χ1v) is 9.18. The van der Waals surface area contributed by atoms with Crippen LogP contribution in [0.15, 0.2) is 30.3 Å². The Labute approximate surface area is 148 Å². The van der Waals surface area contributed by atoms with Gasteiger partial charge in [-0.05, 0) is 30.3 Å². The number of rotatable bonds is 3. The summed E-state index contributed by atoms with van der Waals surface area (Å²) in [6.07, 6.45) is 0.987. The highest BCUT2D eigenvalue weighted by atomic mass is 32.2. The van der Waals surface area contributed by atoms with Crippen molar-refractivity contribution in [1.82, 2.24) is 3.97 Å². The lowest BCUT2D eigenvalue weighted by molar-refractivity contribution is 0.0555. The number of carbonyl (C=O) groups excluding carboxylic acids is 2. The van der Waals surface area contributed by atoms with Crippen LogP contribution in [-0.4, -0.2) is 44.8 Å². The Kier molecular flexibility index (Phi) is 4.19. The second kappa shape index (κ2) is 6.10. The summed E-state index contributed by atoms with van der Waals surface area (Å²) in [5, 5.41) is 0.574. The number of methoxy groups -OCH3 is 2. The Hall–Kier alpha value is -2.94. The number of aromatic nitrogens is 1. The van der Waals surface area contributed by atoms with E-state index in [0.717, 1.165) is 36.6 Å². The van der Waals surface area contributed by atoms with Gasteiger partial charge in [-0.15, -0.1) is 0 Å². The van der Waals surface area contributed by atoms with Crippen molar-refractivity contribution in [3.05, 3.63) is 47.3 Å². The van der Waals surface area contributed by atoms with Crippen LogP contribution in [-0.2, 0) is 19.5 Å². The van der Waals surface area contributed by atoms with Crippen molar-refractivity contribution in [1.29, 1.82) is 0 Å². The maximum atomic E-state index is 13.7. The molecule has 0 saturated carbocycles. The Balaban J connectivity index is 2.58. The van der Waals surface area contributed by atoms with E-state index in [0.29, 0.717) is 0 Å². The van der Waals surface area contributed by atoms with E-state index in [9.17, 15) is 22.4 Å². The van der Waals surface area contributed by atoms with Gasteiger partial charge >= 0.3 is 11.9 Å². The number of hydrogen-bond donors (Lipinski definition) is 0. The quantitative estimate of drug-likeness (QED) is 0.649. The van der Waals surface area contributed by atoms with E-state index in [-0.39, 0.29) is 32.9 Å². The Morgan fingerprint density at radius 1 is 0.923 bits per heavy atom. The fourth-order valence-electron chi connectivity index (χ4n) is 2.92. The molecule has 1 aromatic heterocycles. The first kappa shape index (κ1) is 17.9. The molecule has 0 aliphatic carbocycles. The number of nitrogens with zero attached hydrogens (tertiary/aromatic N) is 1. The van der Waals surface area contributed by atoms with Gasteiger partial charge in [0.2, 0.25) is 10.0 Å². The summed E-state index contributed by atoms with van der Waals surface area (Å²) in [6, 6.07) is 6.15. The minimum absolute atomic E-state index is 0.108. The summed E-state index contributed by atoms with van der Waals surface area (Å²) in [7, 11) is -1.51. The lowest BCUT2D eigenvalue weighted by Crippen LogP contribution is -2.13. The molecule has 0 N–H and O–H groups in total. The molecule has 0 aliphatic rings. The highest BCUT2D eigenvalue weighted by Gasteiger charge is 2.25. The first-order valence-electron chi connectivity index (χ1n) is 7.34. The SMILES string of the molecule is COC(=O)c1cc2c3cc(F)ccc3n(S(C)(=O)=O)c2cc1C(=O)OC. The molecule has 0 aliphatic heterocycles. The Morgan fingerprint density at radius 2 is 1.46 bits per heavy atom. The molecular weight excluding hydrogens is 365 g/mol. The number of benzene rings is 2. The smallest absolute Gasteiger partial charge is 0.338 e. The minimum Gasteiger partial charge on any atom is -0.465 e. The molecule has 0 saturated heterocycles. The third-order valence-corrected chi connectivity index (χ3v) is 5.02. The summed E-state index contributed by atoms with van der Waals surface area (Å²) < 4.78 is 48.7. The molecule has 0 fully saturated rings. The molecule has 1 heterocycles. The molecule has 0 radical (unpaired) electrons. The molecule has 0 atom stereocenters. The van der Waals surface area contributed by atoms with Crippen molar-refractivity contribution in [3.8, 4) is 0 Å². The van der Waals surface area contributed by atoms with Crippen molar-refractivity contribution in [2.24, 2.45) is 0 Å². The third-order valence-electron chi connectivity index (χ3n) is 3.96. The summed E-state index contributed by atoms with van der Waals surface area (Å²) in [6.45, 7) is 0. The molecule has 3 aromatic rings. The molecule has 7 nitrogen and oxygen atoms in total. The predicted octanol–water partition coefficient (Wildman–Crippen LogP) is 2.31. The standard InChI is InChI=1S/C17H14FNO6S/c1-24-16(20)12-7-11-10-6-9(18)4-5-14(10)19(26(3,22)23)15(11)8-13(12)17(21)25-2/h4-8H,1-3H3. The topological polar surface area (TPSA) is 91.7 Å². The van der Waals surface area contributed by atoms with E-state index in [1.807, 2.05) is 0 Å². The van der Waals surface area contributed by atoms with Crippen LogP contribution < -0.4 is 0 Å². The van der Waals surface area contributed by atoms with Gasteiger partial charge in [0.05, 0.1) is 42.6 Å². The molecular formula is C17H14FNO6S. The van der Waals surface area contributed by atoms with E-state index < -0.39 is 27.8 Å². The zero-order valence-corrected chi connectivity index (χ0v) is 14.9. The van der Waals surface area contributed by atoms with Gasteiger partial charge in [0.1, 0.15) is 5.82 Å². The van der Waals surface area contributed by atoms with E-state index in [1.165, 1.54) is 18.2 Å². The molecule has 26 heavy (non-hydrogen) atoms. The summed E-state index contributed by atoms with van der Waals surface area (Å²) >= 11 is 0. The van der Waals surface area contributed by atoms with Crippen LogP contribution in [0.2, 0.25) is 0 Å². The number of fused-ring (bicyclic) bond motifs is 3. The zero-order valence-electron chi connectivity index (χ0n) is 14.1. The molecule has 0 bridgehead atoms. The second-order valence-corrected chi connectivity index (χ2v) is 7.42. The predicted molar refractivity (Wildman–Crippen MR) is 92.3 cm³/mol. The van der Waals surface area contributed by atoms with Gasteiger partial charge in [0.25, 0.3) is 0 Å². The van der Waals surface area contributed by atoms with Crippen molar-refractivity contribution in [2.45, 2.75) is 0 Å². The highest BCUT2D eigenvalue weighted by Crippen LogP contribution is 2.33. The van der Waals surface area contributed by atoms with Crippen molar-refractivity contribution < 1.29 is 31.9 Å². The molecule has 136 valence electrons. The minimum atomic E-state index is -3.79. The van der Waals surface area contributed by atoms with Crippen LogP contribution in [0.5, 0.6) is 0 Å². The van der Waals surface area contributed by atoms with Crippen LogP contribution in [0.25, 0.3) is 21.8 Å². The molecule has 2 aromatic carbocycles. The Morgan fingerprint density at radius 3 is 2.00 bits per heavy atom. The average molecular weight is 379 g/mol. The molecule has 3 rings (SSSR count). The maximum absolute atomic E-state index is 13.7. The largest absolute Gasteiger partial charge is 0.465 e. The van der Waals surface area contributed by atoms with Crippen molar-refractivity contribution in [2.75, 3.05) is 20.5 Å². The number of esters is 2. The normalized spacial score (nSPS) is 11.7. The van der Waals surface area contributed by atoms with E-state index in [2.05, 4.69) is 9.47 Å². The van der Waals surface area contributed by atoms with Gasteiger partial charge in [-0.25, -0.2) is 26.4 Å². The first-order chi connectivity index (χ1) is 12.2. The second-order valence-electron chi connectivity index (χ2n) is 5.59. The fraction of sp³-hybridized carbons (Fsp3) is 0.176. The average Bonchev–Trinajstić information content (AvgIpc) is 2.92. The van der Waals surface area contributed by atoms with Gasteiger partial charge < -0.3 is 9.47 Å². The summed E-state index contributed by atoms with van der Waals surface area (Å²) in [5.74, 6) is -2.20. The lowest BCUT2D eigenvalue weighted by Gasteiger charge is -2.09. The number of ether oxygens (including phenoxy) is 2. The molecule has 9 heteroatoms. The fourth-order valence-corrected chi connectivity index (χ4v) is 3.94. The van der Waals surface area contributed by atoms with E-state index in [4.69, 9.17) is 0 Å². The number of carbonyl (C=O) groups is 2. The van der Waals surface area contributed by atoms with Crippen LogP contribution in [0.1, 0.15) is 20.7 Å². The van der Waals surface area contributed by atoms with Crippen LogP contribution in [0.3, 0.4) is 0 Å². The van der Waals surface area contributed by atoms with Crippen LogP contribution >= 0.6 is 0 Å². The van der Waals surface area contributed by atoms with E-state index >= 15 is 0 Å². The van der Waals surface area contributed by atoms with E-state index in [1.54, 1.807) is 0 Å². The monoisotopic (exact) mass is 379 g/mol. The Bertz CT molecular complexity index is 1180. The third kappa shape index (κ3) is 2.70. The van der Waals surface area contributed by atoms with Crippen LogP contribution in [0, 0.1) is 5.82 Å². The van der Waals surface area contributed by atoms with Crippen molar-refractivity contribution >= 4 is 43.8 Å². The molecule has 0 amide bonds. The van der Waals surface area contributed by atoms with Crippen molar-refractivity contribution in [3.63, 3.8) is 0 Å². The molecule has 0 spiro atoms. The van der Waals surface area contributed by atoms with Gasteiger partial charge in [0.15, 0.2) is 0 Å². The number of halogens is 1. The molecule has 0 unspecified atom stereocenters. The van der Waals surface area contributed by atoms with Gasteiger partial charge in [0, 0.05) is 10.8 Å². The summed E-state index contributed by atoms with van der Waals surface area (Å²) in [4.78, 5) is 24.2. The van der Waals surface area contributed by atoms with Crippen LogP contribution in [0.4, 0.5) is 4.39 Å². The lowest BCUT2D eigenvalue weighted by atomic mass is 10.0. The van der Waals surface area contributed by atoms with Gasteiger partial charge in [-0.2, -0.15) is 0 Å². The number of hydrogen-bond acceptors (Lipinski definition) is 6. The van der Waals surface area contributed by atoms with Gasteiger partial charge in [-0.1, -0.05) is 0 Å². The van der Waals surface area contributed by atoms with Gasteiger partial charge in [-0.3, -0.25) is 0 Å². The summed E-state index contributed by atoms with van der Waals surface area (Å²) in [5.41, 5.74) is 0.0894.